The van der Waals surface area contributed by atoms with Gasteiger partial charge in [0.05, 0.1) is 25.0 Å². The number of amides is 1. The number of ether oxygens (including phenoxy) is 3. The first-order valence-electron chi connectivity index (χ1n) is 10.2. The highest BCUT2D eigenvalue weighted by Crippen LogP contribution is 2.29. The highest BCUT2D eigenvalue weighted by Gasteiger charge is 2.13. The van der Waals surface area contributed by atoms with Gasteiger partial charge in [-0.3, -0.25) is 4.79 Å². The Balaban J connectivity index is 1.66. The molecule has 0 heterocycles. The van der Waals surface area contributed by atoms with Crippen molar-refractivity contribution in [3.8, 4) is 17.2 Å². The van der Waals surface area contributed by atoms with Gasteiger partial charge in [-0.25, -0.2) is 10.2 Å². The summed E-state index contributed by atoms with van der Waals surface area (Å²) in [7, 11) is 0. The van der Waals surface area contributed by atoms with Crippen molar-refractivity contribution in [1.82, 2.24) is 5.43 Å². The summed E-state index contributed by atoms with van der Waals surface area (Å²) in [6.45, 7) is 4.68. The number of benzene rings is 3. The van der Waals surface area contributed by atoms with Gasteiger partial charge in [0.15, 0.2) is 11.5 Å². The van der Waals surface area contributed by atoms with Gasteiger partial charge >= 0.3 is 5.97 Å². The predicted molar refractivity (Wildman–Crippen MR) is 122 cm³/mol. The number of nitrogens with zero attached hydrogens (tertiary/aromatic N) is 1. The second-order valence-electron chi connectivity index (χ2n) is 6.55. The highest BCUT2D eigenvalue weighted by atomic mass is 16.6. The molecule has 0 unspecified atom stereocenters. The molecule has 0 saturated carbocycles. The monoisotopic (exact) mass is 432 g/mol. The van der Waals surface area contributed by atoms with Crippen LogP contribution in [0.3, 0.4) is 0 Å². The fourth-order valence-electron chi connectivity index (χ4n) is 2.79. The van der Waals surface area contributed by atoms with Gasteiger partial charge in [-0.2, -0.15) is 5.10 Å². The van der Waals surface area contributed by atoms with Crippen molar-refractivity contribution < 1.29 is 23.8 Å². The summed E-state index contributed by atoms with van der Waals surface area (Å²) < 4.78 is 16.4. The number of rotatable bonds is 9. The summed E-state index contributed by atoms with van der Waals surface area (Å²) in [5.74, 6) is 0.581. The SMILES string of the molecule is CCOc1ccc(C(=O)N/N=C\c2ccc(OC(=O)c3ccccc3)c(OCC)c2)cc1. The van der Waals surface area contributed by atoms with Crippen molar-refractivity contribution in [2.75, 3.05) is 13.2 Å². The summed E-state index contributed by atoms with van der Waals surface area (Å²) in [5.41, 5.74) is 4.05. The number of carbonyl (C=O) groups is 2. The van der Waals surface area contributed by atoms with E-state index in [4.69, 9.17) is 14.2 Å². The van der Waals surface area contributed by atoms with Gasteiger partial charge in [0.2, 0.25) is 0 Å². The Morgan fingerprint density at radius 2 is 1.56 bits per heavy atom. The third kappa shape index (κ3) is 6.18. The Morgan fingerprint density at radius 3 is 2.25 bits per heavy atom. The number of hydrogen-bond acceptors (Lipinski definition) is 6. The molecule has 3 rings (SSSR count). The van der Waals surface area contributed by atoms with Crippen LogP contribution < -0.4 is 19.6 Å². The molecule has 1 amide bonds. The molecule has 0 radical (unpaired) electrons. The molecule has 0 fully saturated rings. The zero-order chi connectivity index (χ0) is 22.8. The van der Waals surface area contributed by atoms with Crippen LogP contribution in [0.4, 0.5) is 0 Å². The molecule has 3 aromatic carbocycles. The van der Waals surface area contributed by atoms with Crippen molar-refractivity contribution in [1.29, 1.82) is 0 Å². The lowest BCUT2D eigenvalue weighted by atomic mass is 10.2. The summed E-state index contributed by atoms with van der Waals surface area (Å²) >= 11 is 0. The van der Waals surface area contributed by atoms with Crippen molar-refractivity contribution in [2.45, 2.75) is 13.8 Å². The molecule has 0 aliphatic carbocycles. The average Bonchev–Trinajstić information content (AvgIpc) is 2.82. The van der Waals surface area contributed by atoms with E-state index in [2.05, 4.69) is 10.5 Å². The average molecular weight is 432 g/mol. The van der Waals surface area contributed by atoms with Crippen LogP contribution in [-0.4, -0.2) is 31.3 Å². The smallest absolute Gasteiger partial charge is 0.343 e. The van der Waals surface area contributed by atoms with Crippen LogP contribution in [0.5, 0.6) is 17.2 Å². The molecular formula is C25H24N2O5. The van der Waals surface area contributed by atoms with Gasteiger partial charge in [-0.1, -0.05) is 18.2 Å². The van der Waals surface area contributed by atoms with Crippen LogP contribution in [-0.2, 0) is 0 Å². The lowest BCUT2D eigenvalue weighted by molar-refractivity contribution is 0.0728. The first-order valence-corrected chi connectivity index (χ1v) is 10.2. The molecule has 7 heteroatoms. The Morgan fingerprint density at radius 1 is 0.844 bits per heavy atom. The lowest BCUT2D eigenvalue weighted by Gasteiger charge is -2.11. The maximum Gasteiger partial charge on any atom is 0.343 e. The zero-order valence-electron chi connectivity index (χ0n) is 17.9. The van der Waals surface area contributed by atoms with Gasteiger partial charge in [0.1, 0.15) is 5.75 Å². The Hall–Kier alpha value is -4.13. The van der Waals surface area contributed by atoms with E-state index in [9.17, 15) is 9.59 Å². The Kier molecular flexibility index (Phi) is 7.97. The number of hydrogen-bond donors (Lipinski definition) is 1. The lowest BCUT2D eigenvalue weighted by Crippen LogP contribution is -2.17. The van der Waals surface area contributed by atoms with Crippen LogP contribution in [0, 0.1) is 0 Å². The van der Waals surface area contributed by atoms with E-state index in [0.717, 1.165) is 0 Å². The highest BCUT2D eigenvalue weighted by molar-refractivity contribution is 5.95. The summed E-state index contributed by atoms with van der Waals surface area (Å²) in [5, 5.41) is 4.00. The summed E-state index contributed by atoms with van der Waals surface area (Å²) in [6, 6.07) is 20.5. The molecule has 32 heavy (non-hydrogen) atoms. The quantitative estimate of drug-likeness (QED) is 0.233. The predicted octanol–water partition coefficient (Wildman–Crippen LogP) is 4.47. The molecule has 3 aromatic rings. The van der Waals surface area contributed by atoms with E-state index in [1.807, 2.05) is 19.9 Å². The Labute approximate surface area is 186 Å². The van der Waals surface area contributed by atoms with Crippen LogP contribution in [0.1, 0.15) is 40.1 Å². The van der Waals surface area contributed by atoms with Gasteiger partial charge in [-0.15, -0.1) is 0 Å². The number of esters is 1. The normalized spacial score (nSPS) is 10.6. The van der Waals surface area contributed by atoms with Gasteiger partial charge < -0.3 is 14.2 Å². The van der Waals surface area contributed by atoms with Crippen LogP contribution in [0.2, 0.25) is 0 Å². The largest absolute Gasteiger partial charge is 0.494 e. The molecule has 0 spiro atoms. The minimum Gasteiger partial charge on any atom is -0.494 e. The molecular weight excluding hydrogens is 408 g/mol. The van der Waals surface area contributed by atoms with Crippen LogP contribution in [0.25, 0.3) is 0 Å². The van der Waals surface area contributed by atoms with E-state index in [1.165, 1.54) is 6.21 Å². The second kappa shape index (κ2) is 11.3. The van der Waals surface area contributed by atoms with Crippen molar-refractivity contribution in [3.63, 3.8) is 0 Å². The molecule has 0 bridgehead atoms. The topological polar surface area (TPSA) is 86.2 Å². The molecule has 0 aliphatic rings. The molecule has 1 N–H and O–H groups in total. The molecule has 0 aromatic heterocycles. The van der Waals surface area contributed by atoms with Gasteiger partial charge in [0, 0.05) is 5.56 Å². The Bertz CT molecular complexity index is 1080. The molecule has 0 atom stereocenters. The minimum absolute atomic E-state index is 0.302. The second-order valence-corrected chi connectivity index (χ2v) is 6.55. The summed E-state index contributed by atoms with van der Waals surface area (Å²) in [6.07, 6.45) is 1.48. The van der Waals surface area contributed by atoms with Crippen molar-refractivity contribution in [3.05, 3.63) is 89.5 Å². The van der Waals surface area contributed by atoms with Gasteiger partial charge in [-0.05, 0) is 74.0 Å². The van der Waals surface area contributed by atoms with Crippen LogP contribution in [0.15, 0.2) is 77.9 Å². The number of carbonyl (C=O) groups excluding carboxylic acids is 2. The van der Waals surface area contributed by atoms with E-state index >= 15 is 0 Å². The van der Waals surface area contributed by atoms with Crippen LogP contribution >= 0.6 is 0 Å². The zero-order valence-corrected chi connectivity index (χ0v) is 17.9. The maximum atomic E-state index is 12.3. The third-order valence-electron chi connectivity index (χ3n) is 4.29. The third-order valence-corrected chi connectivity index (χ3v) is 4.29. The van der Waals surface area contributed by atoms with E-state index < -0.39 is 5.97 Å². The standard InChI is InChI=1S/C25H24N2O5/c1-3-30-21-13-11-19(12-14-21)24(28)27-26-17-18-10-15-22(23(16-18)31-4-2)32-25(29)20-8-6-5-7-9-20/h5-17H,3-4H2,1-2H3,(H,27,28)/b26-17-. The first-order chi connectivity index (χ1) is 15.6. The molecule has 0 aliphatic heterocycles. The summed E-state index contributed by atoms with van der Waals surface area (Å²) in [4.78, 5) is 24.6. The minimum atomic E-state index is -0.476. The maximum absolute atomic E-state index is 12.3. The molecule has 164 valence electrons. The van der Waals surface area contributed by atoms with Gasteiger partial charge in [0.25, 0.3) is 5.91 Å². The first kappa shape index (κ1) is 22.6. The van der Waals surface area contributed by atoms with E-state index in [-0.39, 0.29) is 5.91 Å². The number of nitrogens with one attached hydrogen (secondary N) is 1. The number of hydrazone groups is 1. The molecule has 7 nitrogen and oxygen atoms in total. The fraction of sp³-hybridized carbons (Fsp3) is 0.160. The van der Waals surface area contributed by atoms with E-state index in [1.54, 1.807) is 66.7 Å². The van der Waals surface area contributed by atoms with E-state index in [0.29, 0.717) is 47.2 Å². The van der Waals surface area contributed by atoms with Crippen molar-refractivity contribution >= 4 is 18.1 Å². The molecule has 0 saturated heterocycles. The van der Waals surface area contributed by atoms with Crippen molar-refractivity contribution in [2.24, 2.45) is 5.10 Å². The fourth-order valence-corrected chi connectivity index (χ4v) is 2.79.